The van der Waals surface area contributed by atoms with Gasteiger partial charge in [-0.1, -0.05) is 60.7 Å². The fourth-order valence-corrected chi connectivity index (χ4v) is 4.41. The van der Waals surface area contributed by atoms with Crippen molar-refractivity contribution in [3.63, 3.8) is 0 Å². The summed E-state index contributed by atoms with van der Waals surface area (Å²) < 4.78 is 24.7. The molecule has 0 N–H and O–H groups in total. The molecule has 0 aliphatic heterocycles. The molecule has 0 fully saturated rings. The monoisotopic (exact) mass is 475 g/mol. The van der Waals surface area contributed by atoms with Gasteiger partial charge in [0.15, 0.2) is 0 Å². The largest absolute Gasteiger partial charge is 0.458 e. The first-order valence-corrected chi connectivity index (χ1v) is 11.7. The number of esters is 1. The molecule has 0 bridgehead atoms. The summed E-state index contributed by atoms with van der Waals surface area (Å²) in [7, 11) is 1.52. The molecule has 182 valence electrons. The van der Waals surface area contributed by atoms with Crippen molar-refractivity contribution in [1.82, 2.24) is 4.90 Å². The van der Waals surface area contributed by atoms with Crippen molar-refractivity contribution in [2.24, 2.45) is 0 Å². The predicted molar refractivity (Wildman–Crippen MR) is 133 cm³/mol. The van der Waals surface area contributed by atoms with Gasteiger partial charge in [0, 0.05) is 19.4 Å². The number of ether oxygens (including phenoxy) is 2. The van der Waals surface area contributed by atoms with Gasteiger partial charge in [-0.15, -0.1) is 0 Å². The summed E-state index contributed by atoms with van der Waals surface area (Å²) in [4.78, 5) is 27.4. The predicted octanol–water partition coefficient (Wildman–Crippen LogP) is 5.96. The lowest BCUT2D eigenvalue weighted by Crippen LogP contribution is -2.47. The summed E-state index contributed by atoms with van der Waals surface area (Å²) in [6, 6.07) is 21.1. The number of hydrogen-bond donors (Lipinski definition) is 0. The first-order chi connectivity index (χ1) is 16.6. The number of rotatable bonds is 6. The molecule has 0 spiro atoms. The zero-order valence-electron chi connectivity index (χ0n) is 20.5. The standard InChI is InChI=1S/C29H30FNO4/c1-29(2,3)35-27(32)26(17-19-13-15-20(30)16-14-19)31(4)28(33)34-18-25-23-11-7-5-9-21(23)22-10-6-8-12-24(22)25/h5-16,25-26H,17-18H2,1-4H3. The Bertz CT molecular complexity index is 1170. The Morgan fingerprint density at radius 3 is 2.00 bits per heavy atom. The fraction of sp³-hybridized carbons (Fsp3) is 0.310. The number of carbonyl (C=O) groups is 2. The van der Waals surface area contributed by atoms with E-state index in [0.717, 1.165) is 22.3 Å². The third-order valence-electron chi connectivity index (χ3n) is 6.11. The van der Waals surface area contributed by atoms with Gasteiger partial charge < -0.3 is 9.47 Å². The van der Waals surface area contributed by atoms with Gasteiger partial charge in [0.1, 0.15) is 24.1 Å². The second-order valence-electron chi connectivity index (χ2n) is 9.79. The molecule has 1 unspecified atom stereocenters. The minimum Gasteiger partial charge on any atom is -0.458 e. The topological polar surface area (TPSA) is 55.8 Å². The maximum Gasteiger partial charge on any atom is 0.410 e. The van der Waals surface area contributed by atoms with E-state index in [1.807, 2.05) is 24.3 Å². The molecular weight excluding hydrogens is 445 g/mol. The summed E-state index contributed by atoms with van der Waals surface area (Å²) in [6.45, 7) is 5.46. The van der Waals surface area contributed by atoms with Gasteiger partial charge in [-0.2, -0.15) is 0 Å². The number of nitrogens with zero attached hydrogens (tertiary/aromatic N) is 1. The lowest BCUT2D eigenvalue weighted by molar-refractivity contribution is -0.160. The molecule has 3 aromatic carbocycles. The molecule has 3 aromatic rings. The van der Waals surface area contributed by atoms with E-state index in [2.05, 4.69) is 24.3 Å². The third kappa shape index (κ3) is 5.53. The van der Waals surface area contributed by atoms with Crippen LogP contribution in [0.2, 0.25) is 0 Å². The Morgan fingerprint density at radius 2 is 1.46 bits per heavy atom. The molecule has 0 saturated carbocycles. The molecule has 1 atom stereocenters. The summed E-state index contributed by atoms with van der Waals surface area (Å²) in [5.41, 5.74) is 4.49. The number of amides is 1. The number of fused-ring (bicyclic) bond motifs is 3. The van der Waals surface area contributed by atoms with Crippen LogP contribution in [0.15, 0.2) is 72.8 Å². The van der Waals surface area contributed by atoms with Crippen molar-refractivity contribution >= 4 is 12.1 Å². The van der Waals surface area contributed by atoms with Crippen LogP contribution in [0.25, 0.3) is 11.1 Å². The highest BCUT2D eigenvalue weighted by Gasteiger charge is 2.34. The van der Waals surface area contributed by atoms with E-state index in [1.54, 1.807) is 32.9 Å². The number of benzene rings is 3. The van der Waals surface area contributed by atoms with Gasteiger partial charge in [-0.3, -0.25) is 4.90 Å². The van der Waals surface area contributed by atoms with E-state index in [-0.39, 0.29) is 24.8 Å². The summed E-state index contributed by atoms with van der Waals surface area (Å²) in [5.74, 6) is -0.998. The highest BCUT2D eigenvalue weighted by atomic mass is 19.1. The highest BCUT2D eigenvalue weighted by molar-refractivity contribution is 5.82. The van der Waals surface area contributed by atoms with Crippen LogP contribution in [0.4, 0.5) is 9.18 Å². The fourth-order valence-electron chi connectivity index (χ4n) is 4.41. The number of likely N-dealkylation sites (N-methyl/N-ethyl adjacent to an activating group) is 1. The Labute approximate surface area is 205 Å². The van der Waals surface area contributed by atoms with Crippen LogP contribution in [0.1, 0.15) is 43.4 Å². The average Bonchev–Trinajstić information content (AvgIpc) is 3.14. The lowest BCUT2D eigenvalue weighted by Gasteiger charge is -2.30. The molecule has 6 heteroatoms. The normalized spacial score (nSPS) is 13.5. The average molecular weight is 476 g/mol. The van der Waals surface area contributed by atoms with Gasteiger partial charge in [0.25, 0.3) is 0 Å². The summed E-state index contributed by atoms with van der Waals surface area (Å²) in [5, 5.41) is 0. The van der Waals surface area contributed by atoms with Gasteiger partial charge in [-0.05, 0) is 60.7 Å². The Balaban J connectivity index is 1.51. The van der Waals surface area contributed by atoms with E-state index in [0.29, 0.717) is 5.56 Å². The maximum absolute atomic E-state index is 13.4. The zero-order chi connectivity index (χ0) is 25.2. The van der Waals surface area contributed by atoms with E-state index in [4.69, 9.17) is 9.47 Å². The molecule has 4 rings (SSSR count). The van der Waals surface area contributed by atoms with Crippen LogP contribution in [0.3, 0.4) is 0 Å². The number of hydrogen-bond acceptors (Lipinski definition) is 4. The van der Waals surface area contributed by atoms with Gasteiger partial charge >= 0.3 is 12.1 Å². The van der Waals surface area contributed by atoms with Crippen molar-refractivity contribution in [3.8, 4) is 11.1 Å². The third-order valence-corrected chi connectivity index (χ3v) is 6.11. The highest BCUT2D eigenvalue weighted by Crippen LogP contribution is 2.44. The smallest absolute Gasteiger partial charge is 0.410 e. The second-order valence-corrected chi connectivity index (χ2v) is 9.79. The van der Waals surface area contributed by atoms with Crippen LogP contribution < -0.4 is 0 Å². The van der Waals surface area contributed by atoms with Crippen LogP contribution in [-0.4, -0.2) is 42.3 Å². The Kier molecular flexibility index (Phi) is 6.92. The molecule has 0 aromatic heterocycles. The first-order valence-electron chi connectivity index (χ1n) is 11.7. The van der Waals surface area contributed by atoms with Gasteiger partial charge in [0.2, 0.25) is 0 Å². The number of halogens is 1. The van der Waals surface area contributed by atoms with Crippen molar-refractivity contribution in [2.75, 3.05) is 13.7 Å². The molecule has 0 heterocycles. The van der Waals surface area contributed by atoms with Crippen molar-refractivity contribution < 1.29 is 23.5 Å². The maximum atomic E-state index is 13.4. The van der Waals surface area contributed by atoms with Crippen LogP contribution in [-0.2, 0) is 20.7 Å². The summed E-state index contributed by atoms with van der Waals surface area (Å²) >= 11 is 0. The minimum atomic E-state index is -0.921. The van der Waals surface area contributed by atoms with Crippen molar-refractivity contribution in [1.29, 1.82) is 0 Å². The molecule has 0 saturated heterocycles. The molecule has 1 aliphatic carbocycles. The molecule has 0 radical (unpaired) electrons. The summed E-state index contributed by atoms with van der Waals surface area (Å²) in [6.07, 6.45) is -0.444. The quantitative estimate of drug-likeness (QED) is 0.413. The van der Waals surface area contributed by atoms with Crippen LogP contribution in [0, 0.1) is 5.82 Å². The van der Waals surface area contributed by atoms with Crippen LogP contribution >= 0.6 is 0 Å². The van der Waals surface area contributed by atoms with Crippen molar-refractivity contribution in [2.45, 2.75) is 44.8 Å². The number of carbonyl (C=O) groups excluding carboxylic acids is 2. The van der Waals surface area contributed by atoms with E-state index >= 15 is 0 Å². The lowest BCUT2D eigenvalue weighted by atomic mass is 9.98. The van der Waals surface area contributed by atoms with Gasteiger partial charge in [-0.25, -0.2) is 14.0 Å². The molecular formula is C29H30FNO4. The van der Waals surface area contributed by atoms with Crippen LogP contribution in [0.5, 0.6) is 0 Å². The molecule has 1 aliphatic rings. The SMILES string of the molecule is CN(C(=O)OCC1c2ccccc2-c2ccccc21)C(Cc1ccc(F)cc1)C(=O)OC(C)(C)C. The molecule has 35 heavy (non-hydrogen) atoms. The second kappa shape index (κ2) is 9.90. The minimum absolute atomic E-state index is 0.0863. The Morgan fingerprint density at radius 1 is 0.914 bits per heavy atom. The zero-order valence-corrected chi connectivity index (χ0v) is 20.5. The first kappa shape index (κ1) is 24.5. The van der Waals surface area contributed by atoms with E-state index in [9.17, 15) is 14.0 Å². The van der Waals surface area contributed by atoms with Crippen molar-refractivity contribution in [3.05, 3.63) is 95.3 Å². The Hall–Kier alpha value is -3.67. The molecule has 1 amide bonds. The van der Waals surface area contributed by atoms with E-state index in [1.165, 1.54) is 24.1 Å². The van der Waals surface area contributed by atoms with E-state index < -0.39 is 23.7 Å². The van der Waals surface area contributed by atoms with Gasteiger partial charge in [0.05, 0.1) is 0 Å². The molecule has 5 nitrogen and oxygen atoms in total.